The summed E-state index contributed by atoms with van der Waals surface area (Å²) in [5.41, 5.74) is 2.01. The predicted octanol–water partition coefficient (Wildman–Crippen LogP) is 2.87. The molecule has 9 heteroatoms. The van der Waals surface area contributed by atoms with Crippen molar-refractivity contribution in [2.45, 2.75) is 20.3 Å². The Hall–Kier alpha value is -2.94. The standard InChI is InChI=1S/C18H21N3O5S/c1-4-14-6-8-15(9-7-14)19-18(22)12-20(27(3,25)26)17-11-16(21(23)24)10-5-13(17)2/h5-11H,4,12H2,1-3H3,(H,19,22). The molecular weight excluding hydrogens is 370 g/mol. The molecule has 0 radical (unpaired) electrons. The molecule has 0 bridgehead atoms. The second-order valence-corrected chi connectivity index (χ2v) is 8.00. The number of nitro benzene ring substituents is 1. The van der Waals surface area contributed by atoms with E-state index in [2.05, 4.69) is 5.32 Å². The van der Waals surface area contributed by atoms with Gasteiger partial charge in [-0.1, -0.05) is 25.1 Å². The number of carbonyl (C=O) groups excluding carboxylic acids is 1. The van der Waals surface area contributed by atoms with E-state index in [9.17, 15) is 23.3 Å². The van der Waals surface area contributed by atoms with Crippen molar-refractivity contribution in [3.8, 4) is 0 Å². The lowest BCUT2D eigenvalue weighted by Crippen LogP contribution is -2.37. The fourth-order valence-corrected chi connectivity index (χ4v) is 3.42. The number of nitrogens with one attached hydrogen (secondary N) is 1. The van der Waals surface area contributed by atoms with Crippen LogP contribution in [0.4, 0.5) is 17.1 Å². The lowest BCUT2D eigenvalue weighted by atomic mass is 10.1. The number of benzene rings is 2. The largest absolute Gasteiger partial charge is 0.325 e. The zero-order valence-electron chi connectivity index (χ0n) is 15.3. The molecule has 0 aliphatic carbocycles. The van der Waals surface area contributed by atoms with Crippen LogP contribution in [0.2, 0.25) is 0 Å². The van der Waals surface area contributed by atoms with Crippen LogP contribution >= 0.6 is 0 Å². The number of anilines is 2. The van der Waals surface area contributed by atoms with Gasteiger partial charge in [0, 0.05) is 17.8 Å². The van der Waals surface area contributed by atoms with E-state index >= 15 is 0 Å². The number of nitrogens with zero attached hydrogens (tertiary/aromatic N) is 2. The molecule has 1 N–H and O–H groups in total. The Labute approximate surface area is 158 Å². The molecular formula is C18H21N3O5S. The average Bonchev–Trinajstić information content (AvgIpc) is 2.60. The number of amides is 1. The van der Waals surface area contributed by atoms with Gasteiger partial charge < -0.3 is 5.32 Å². The van der Waals surface area contributed by atoms with E-state index in [0.29, 0.717) is 11.3 Å². The molecule has 2 aromatic carbocycles. The molecule has 1 amide bonds. The first kappa shape index (κ1) is 20.4. The van der Waals surface area contributed by atoms with E-state index in [0.717, 1.165) is 28.6 Å². The van der Waals surface area contributed by atoms with Gasteiger partial charge in [0.15, 0.2) is 0 Å². The van der Waals surface area contributed by atoms with Crippen molar-refractivity contribution >= 4 is 33.0 Å². The normalized spacial score (nSPS) is 11.1. The van der Waals surface area contributed by atoms with Gasteiger partial charge in [0.25, 0.3) is 5.69 Å². The molecule has 0 aromatic heterocycles. The summed E-state index contributed by atoms with van der Waals surface area (Å²) in [6.07, 6.45) is 1.82. The van der Waals surface area contributed by atoms with Crippen LogP contribution in [0.5, 0.6) is 0 Å². The number of aryl methyl sites for hydroxylation is 2. The third-order valence-corrected chi connectivity index (χ3v) is 5.13. The molecule has 0 saturated carbocycles. The molecule has 0 aliphatic heterocycles. The van der Waals surface area contributed by atoms with Crippen LogP contribution in [-0.2, 0) is 21.2 Å². The molecule has 0 heterocycles. The minimum Gasteiger partial charge on any atom is -0.325 e. The van der Waals surface area contributed by atoms with Crippen LogP contribution in [0, 0.1) is 17.0 Å². The Bertz CT molecular complexity index is 955. The zero-order chi connectivity index (χ0) is 20.2. The Morgan fingerprint density at radius 2 is 1.81 bits per heavy atom. The first-order chi connectivity index (χ1) is 12.6. The smallest absolute Gasteiger partial charge is 0.271 e. The maximum absolute atomic E-state index is 12.4. The minimum absolute atomic E-state index is 0.100. The van der Waals surface area contributed by atoms with Gasteiger partial charge in [-0.3, -0.25) is 19.2 Å². The quantitative estimate of drug-likeness (QED) is 0.576. The van der Waals surface area contributed by atoms with Gasteiger partial charge in [-0.2, -0.15) is 0 Å². The van der Waals surface area contributed by atoms with Gasteiger partial charge in [-0.15, -0.1) is 0 Å². The second-order valence-electron chi connectivity index (χ2n) is 6.10. The summed E-state index contributed by atoms with van der Waals surface area (Å²) in [5, 5.41) is 13.7. The van der Waals surface area contributed by atoms with Gasteiger partial charge in [0.1, 0.15) is 6.54 Å². The van der Waals surface area contributed by atoms with Gasteiger partial charge in [-0.25, -0.2) is 8.42 Å². The SMILES string of the molecule is CCc1ccc(NC(=O)CN(c2cc([N+](=O)[O-])ccc2C)S(C)(=O)=O)cc1. The molecule has 27 heavy (non-hydrogen) atoms. The van der Waals surface area contributed by atoms with E-state index in [-0.39, 0.29) is 11.4 Å². The van der Waals surface area contributed by atoms with Crippen molar-refractivity contribution in [1.29, 1.82) is 0 Å². The Morgan fingerprint density at radius 1 is 1.19 bits per heavy atom. The molecule has 0 spiro atoms. The summed E-state index contributed by atoms with van der Waals surface area (Å²) in [6, 6.07) is 11.1. The maximum Gasteiger partial charge on any atom is 0.271 e. The van der Waals surface area contributed by atoms with Crippen molar-refractivity contribution in [1.82, 2.24) is 0 Å². The average molecular weight is 391 g/mol. The maximum atomic E-state index is 12.4. The van der Waals surface area contributed by atoms with Crippen molar-refractivity contribution in [2.24, 2.45) is 0 Å². The highest BCUT2D eigenvalue weighted by Crippen LogP contribution is 2.27. The molecule has 0 unspecified atom stereocenters. The lowest BCUT2D eigenvalue weighted by Gasteiger charge is -2.23. The van der Waals surface area contributed by atoms with Crippen LogP contribution < -0.4 is 9.62 Å². The van der Waals surface area contributed by atoms with E-state index < -0.39 is 27.4 Å². The summed E-state index contributed by atoms with van der Waals surface area (Å²) in [7, 11) is -3.83. The van der Waals surface area contributed by atoms with Gasteiger partial charge in [0.2, 0.25) is 15.9 Å². The van der Waals surface area contributed by atoms with Crippen LogP contribution in [0.1, 0.15) is 18.1 Å². The van der Waals surface area contributed by atoms with Crippen molar-refractivity contribution < 1.29 is 18.1 Å². The van der Waals surface area contributed by atoms with Gasteiger partial charge in [0.05, 0.1) is 16.9 Å². The molecule has 0 atom stereocenters. The number of carbonyl (C=O) groups is 1. The summed E-state index contributed by atoms with van der Waals surface area (Å²) in [5.74, 6) is -0.546. The monoisotopic (exact) mass is 391 g/mol. The summed E-state index contributed by atoms with van der Waals surface area (Å²) in [6.45, 7) is 3.15. The van der Waals surface area contributed by atoms with Crippen LogP contribution in [0.3, 0.4) is 0 Å². The third-order valence-electron chi connectivity index (χ3n) is 4.01. The summed E-state index contributed by atoms with van der Waals surface area (Å²) in [4.78, 5) is 22.8. The number of hydrogen-bond donors (Lipinski definition) is 1. The van der Waals surface area contributed by atoms with Crippen molar-refractivity contribution in [3.05, 3.63) is 63.7 Å². The van der Waals surface area contributed by atoms with Crippen LogP contribution in [0.25, 0.3) is 0 Å². The third kappa shape index (κ3) is 5.27. The van der Waals surface area contributed by atoms with E-state index in [4.69, 9.17) is 0 Å². The fraction of sp³-hybridized carbons (Fsp3) is 0.278. The highest BCUT2D eigenvalue weighted by molar-refractivity contribution is 7.92. The van der Waals surface area contributed by atoms with E-state index in [1.54, 1.807) is 19.1 Å². The molecule has 2 aromatic rings. The minimum atomic E-state index is -3.83. The molecule has 0 fully saturated rings. The zero-order valence-corrected chi connectivity index (χ0v) is 16.1. The highest BCUT2D eigenvalue weighted by atomic mass is 32.2. The molecule has 0 aliphatic rings. The van der Waals surface area contributed by atoms with Gasteiger partial charge >= 0.3 is 0 Å². The first-order valence-corrected chi connectivity index (χ1v) is 10.1. The topological polar surface area (TPSA) is 110 Å². The fourth-order valence-electron chi connectivity index (χ4n) is 2.52. The second kappa shape index (κ2) is 8.17. The Balaban J connectivity index is 2.28. The molecule has 144 valence electrons. The molecule has 8 nitrogen and oxygen atoms in total. The van der Waals surface area contributed by atoms with Crippen LogP contribution in [0.15, 0.2) is 42.5 Å². The van der Waals surface area contributed by atoms with Crippen molar-refractivity contribution in [2.75, 3.05) is 22.4 Å². The summed E-state index contributed by atoms with van der Waals surface area (Å²) >= 11 is 0. The Kier molecular flexibility index (Phi) is 6.17. The van der Waals surface area contributed by atoms with Gasteiger partial charge in [-0.05, 0) is 36.6 Å². The van der Waals surface area contributed by atoms with Crippen LogP contribution in [-0.4, -0.2) is 32.0 Å². The molecule has 2 rings (SSSR count). The lowest BCUT2D eigenvalue weighted by molar-refractivity contribution is -0.384. The summed E-state index contributed by atoms with van der Waals surface area (Å²) < 4.78 is 25.3. The first-order valence-electron chi connectivity index (χ1n) is 8.23. The molecule has 0 saturated heterocycles. The van der Waals surface area contributed by atoms with E-state index in [1.165, 1.54) is 12.1 Å². The van der Waals surface area contributed by atoms with Crippen molar-refractivity contribution in [3.63, 3.8) is 0 Å². The number of nitro groups is 1. The number of non-ortho nitro benzene ring substituents is 1. The number of hydrogen-bond acceptors (Lipinski definition) is 5. The number of rotatable bonds is 7. The predicted molar refractivity (Wildman–Crippen MR) is 104 cm³/mol. The highest BCUT2D eigenvalue weighted by Gasteiger charge is 2.24. The van der Waals surface area contributed by atoms with E-state index in [1.807, 2.05) is 19.1 Å². The number of sulfonamides is 1. The Morgan fingerprint density at radius 3 is 2.33 bits per heavy atom.